The topological polar surface area (TPSA) is 35.5 Å². The molecule has 1 unspecified atom stereocenters. The zero-order valence-corrected chi connectivity index (χ0v) is 12.8. The number of esters is 1. The van der Waals surface area contributed by atoms with Crippen molar-refractivity contribution < 1.29 is 27.4 Å². The molecule has 3 nitrogen and oxygen atoms in total. The molecule has 0 aliphatic heterocycles. The van der Waals surface area contributed by atoms with Crippen LogP contribution in [0.25, 0.3) is 0 Å². The molecule has 2 aliphatic rings. The van der Waals surface area contributed by atoms with Crippen LogP contribution in [-0.2, 0) is 14.3 Å². The van der Waals surface area contributed by atoms with Gasteiger partial charge in [0.1, 0.15) is 5.76 Å². The molecule has 126 valence electrons. The average molecular weight is 320 g/mol. The summed E-state index contributed by atoms with van der Waals surface area (Å²) in [7, 11) is 1.72. The van der Waals surface area contributed by atoms with E-state index >= 15 is 0 Å². The third-order valence-corrected chi connectivity index (χ3v) is 4.83. The van der Waals surface area contributed by atoms with Gasteiger partial charge >= 0.3 is 12.1 Å². The lowest BCUT2D eigenvalue weighted by Crippen LogP contribution is -2.27. The molecule has 2 aliphatic carbocycles. The van der Waals surface area contributed by atoms with Crippen molar-refractivity contribution in [3.8, 4) is 0 Å². The summed E-state index contributed by atoms with van der Waals surface area (Å²) in [6.45, 7) is 0.814. The Morgan fingerprint density at radius 3 is 2.36 bits per heavy atom. The van der Waals surface area contributed by atoms with Crippen molar-refractivity contribution in [3.63, 3.8) is 0 Å². The second-order valence-electron chi connectivity index (χ2n) is 6.33. The Hall–Kier alpha value is -1.04. The van der Waals surface area contributed by atoms with Gasteiger partial charge in [-0.15, -0.1) is 0 Å². The fourth-order valence-corrected chi connectivity index (χ4v) is 3.59. The van der Waals surface area contributed by atoms with Gasteiger partial charge in [-0.1, -0.05) is 0 Å². The summed E-state index contributed by atoms with van der Waals surface area (Å²) in [5.41, 5.74) is 0. The van der Waals surface area contributed by atoms with E-state index in [1.54, 1.807) is 13.2 Å². The number of carbonyl (C=O) groups excluding carboxylic acids is 1. The highest BCUT2D eigenvalue weighted by molar-refractivity contribution is 5.76. The van der Waals surface area contributed by atoms with Crippen LogP contribution in [0.15, 0.2) is 11.8 Å². The second-order valence-corrected chi connectivity index (χ2v) is 6.33. The first-order chi connectivity index (χ1) is 10.4. The number of ether oxygens (including phenoxy) is 2. The van der Waals surface area contributed by atoms with Gasteiger partial charge in [-0.25, -0.2) is 4.79 Å². The Morgan fingerprint density at radius 1 is 1.18 bits per heavy atom. The van der Waals surface area contributed by atoms with Gasteiger partial charge in [-0.2, -0.15) is 13.2 Å². The van der Waals surface area contributed by atoms with Gasteiger partial charge in [0.15, 0.2) is 0 Å². The Kier molecular flexibility index (Phi) is 5.89. The molecule has 0 heterocycles. The smallest absolute Gasteiger partial charge is 0.425 e. The van der Waals surface area contributed by atoms with E-state index in [1.165, 1.54) is 0 Å². The number of methoxy groups -OCH3 is 1. The minimum atomic E-state index is -4.92. The van der Waals surface area contributed by atoms with E-state index in [9.17, 15) is 18.0 Å². The minimum Gasteiger partial charge on any atom is -0.425 e. The number of hydrogen-bond donors (Lipinski definition) is 0. The molecule has 22 heavy (non-hydrogen) atoms. The predicted molar refractivity (Wildman–Crippen MR) is 74.9 cm³/mol. The monoisotopic (exact) mass is 320 g/mol. The third-order valence-electron chi connectivity index (χ3n) is 4.83. The summed E-state index contributed by atoms with van der Waals surface area (Å²) in [6, 6.07) is 0. The first-order valence-corrected chi connectivity index (χ1v) is 7.87. The lowest BCUT2D eigenvalue weighted by atomic mass is 9.72. The summed E-state index contributed by atoms with van der Waals surface area (Å²) in [5, 5.41) is 0. The van der Waals surface area contributed by atoms with E-state index < -0.39 is 12.1 Å². The fourth-order valence-electron chi connectivity index (χ4n) is 3.59. The second kappa shape index (κ2) is 7.49. The number of alkyl halides is 3. The van der Waals surface area contributed by atoms with E-state index in [-0.39, 0.29) is 5.76 Å². The highest BCUT2D eigenvalue weighted by Crippen LogP contribution is 2.40. The van der Waals surface area contributed by atoms with Gasteiger partial charge in [0.05, 0.1) is 0 Å². The number of allylic oxidation sites excluding steroid dienone is 2. The Morgan fingerprint density at radius 2 is 1.86 bits per heavy atom. The SMILES string of the molecule is COCC1CCC(C2CC=C(OC(=O)C(F)(F)F)CC2)CC1. The highest BCUT2D eigenvalue weighted by Gasteiger charge is 2.42. The van der Waals surface area contributed by atoms with Crippen LogP contribution in [0.4, 0.5) is 13.2 Å². The molecule has 0 bridgehead atoms. The van der Waals surface area contributed by atoms with Crippen molar-refractivity contribution in [1.82, 2.24) is 0 Å². The molecule has 0 amide bonds. The predicted octanol–water partition coefficient (Wildman–Crippen LogP) is 4.23. The van der Waals surface area contributed by atoms with Crippen LogP contribution in [0, 0.1) is 17.8 Å². The van der Waals surface area contributed by atoms with E-state index in [0.717, 1.165) is 38.7 Å². The van der Waals surface area contributed by atoms with Gasteiger partial charge in [-0.05, 0) is 62.4 Å². The standard InChI is InChI=1S/C16H23F3O3/c1-21-10-11-2-4-12(5-3-11)13-6-8-14(9-7-13)22-15(20)16(17,18)19/h8,11-13H,2-7,9-10H2,1H3. The van der Waals surface area contributed by atoms with E-state index in [4.69, 9.17) is 4.74 Å². The van der Waals surface area contributed by atoms with Crippen LogP contribution in [-0.4, -0.2) is 25.9 Å². The van der Waals surface area contributed by atoms with Gasteiger partial charge in [0, 0.05) is 20.1 Å². The van der Waals surface area contributed by atoms with Crippen LogP contribution < -0.4 is 0 Å². The van der Waals surface area contributed by atoms with Gasteiger partial charge in [-0.3, -0.25) is 0 Å². The van der Waals surface area contributed by atoms with Crippen molar-refractivity contribution in [2.45, 2.75) is 51.1 Å². The molecule has 0 aromatic carbocycles. The Labute approximate surface area is 128 Å². The number of carbonyl (C=O) groups is 1. The fraction of sp³-hybridized carbons (Fsp3) is 0.812. The van der Waals surface area contributed by atoms with Crippen LogP contribution in [0.5, 0.6) is 0 Å². The Balaban J connectivity index is 1.78. The van der Waals surface area contributed by atoms with Gasteiger partial charge in [0.25, 0.3) is 0 Å². The molecular formula is C16H23F3O3. The van der Waals surface area contributed by atoms with Crippen molar-refractivity contribution in [2.75, 3.05) is 13.7 Å². The zero-order chi connectivity index (χ0) is 16.2. The molecule has 0 N–H and O–H groups in total. The van der Waals surface area contributed by atoms with Crippen molar-refractivity contribution in [3.05, 3.63) is 11.8 Å². The maximum absolute atomic E-state index is 12.2. The maximum Gasteiger partial charge on any atom is 0.491 e. The molecule has 2 rings (SSSR count). The number of rotatable bonds is 4. The van der Waals surface area contributed by atoms with Crippen LogP contribution >= 0.6 is 0 Å². The summed E-state index contributed by atoms with van der Waals surface area (Å²) >= 11 is 0. The molecule has 6 heteroatoms. The van der Waals surface area contributed by atoms with Crippen LogP contribution in [0.3, 0.4) is 0 Å². The normalized spacial score (nSPS) is 29.8. The van der Waals surface area contributed by atoms with Gasteiger partial charge < -0.3 is 9.47 Å². The van der Waals surface area contributed by atoms with Crippen LogP contribution in [0.2, 0.25) is 0 Å². The molecule has 1 saturated carbocycles. The quantitative estimate of drug-likeness (QED) is 0.727. The van der Waals surface area contributed by atoms with E-state index in [1.807, 2.05) is 0 Å². The molecule has 0 spiro atoms. The van der Waals surface area contributed by atoms with Crippen molar-refractivity contribution in [2.24, 2.45) is 17.8 Å². The molecule has 0 aromatic heterocycles. The van der Waals surface area contributed by atoms with E-state index in [0.29, 0.717) is 30.6 Å². The first-order valence-electron chi connectivity index (χ1n) is 7.87. The van der Waals surface area contributed by atoms with Crippen molar-refractivity contribution >= 4 is 5.97 Å². The maximum atomic E-state index is 12.2. The lowest BCUT2D eigenvalue weighted by molar-refractivity contribution is -0.195. The lowest BCUT2D eigenvalue weighted by Gasteiger charge is -2.35. The van der Waals surface area contributed by atoms with Gasteiger partial charge in [0.2, 0.25) is 0 Å². The summed E-state index contributed by atoms with van der Waals surface area (Å²) in [5.74, 6) is -0.173. The van der Waals surface area contributed by atoms with Crippen LogP contribution in [0.1, 0.15) is 44.9 Å². The van der Waals surface area contributed by atoms with E-state index in [2.05, 4.69) is 4.74 Å². The average Bonchev–Trinajstić information content (AvgIpc) is 2.48. The summed E-state index contributed by atoms with van der Waals surface area (Å²) < 4.78 is 46.1. The number of hydrogen-bond acceptors (Lipinski definition) is 3. The first kappa shape index (κ1) is 17.3. The summed E-state index contributed by atoms with van der Waals surface area (Å²) in [6.07, 6.45) is 3.31. The summed E-state index contributed by atoms with van der Waals surface area (Å²) in [4.78, 5) is 10.8. The largest absolute Gasteiger partial charge is 0.491 e. The third kappa shape index (κ3) is 4.73. The molecule has 0 radical (unpaired) electrons. The van der Waals surface area contributed by atoms with Crippen molar-refractivity contribution in [1.29, 1.82) is 0 Å². The minimum absolute atomic E-state index is 0.173. The number of halogens is 3. The highest BCUT2D eigenvalue weighted by atomic mass is 19.4. The molecule has 1 fully saturated rings. The molecule has 0 saturated heterocycles. The molecule has 1 atom stereocenters. The molecular weight excluding hydrogens is 297 g/mol. The Bertz CT molecular complexity index is 409. The zero-order valence-electron chi connectivity index (χ0n) is 12.8. The molecule has 0 aromatic rings.